The first-order valence-electron chi connectivity index (χ1n) is 5.72. The van der Waals surface area contributed by atoms with Crippen molar-refractivity contribution in [3.05, 3.63) is 31.0 Å². The third kappa shape index (κ3) is 2.79. The number of rotatable bonds is 4. The molecule has 0 amide bonds. The molecule has 0 fully saturated rings. The van der Waals surface area contributed by atoms with Gasteiger partial charge in [0.25, 0.3) is 0 Å². The SMILES string of the molecule is [2H]c1ccnc(Nc2cn(CC(C)C)cn2)n1. The highest BCUT2D eigenvalue weighted by Gasteiger charge is 2.01. The lowest BCUT2D eigenvalue weighted by Crippen LogP contribution is -2.01. The summed E-state index contributed by atoms with van der Waals surface area (Å²) in [5, 5.41) is 2.96. The van der Waals surface area contributed by atoms with Gasteiger partial charge in [-0.25, -0.2) is 15.0 Å². The Morgan fingerprint density at radius 1 is 1.44 bits per heavy atom. The van der Waals surface area contributed by atoms with Gasteiger partial charge in [0.1, 0.15) is 0 Å². The first kappa shape index (κ1) is 9.33. The smallest absolute Gasteiger partial charge is 0.228 e. The molecule has 5 nitrogen and oxygen atoms in total. The highest BCUT2D eigenvalue weighted by Crippen LogP contribution is 2.09. The van der Waals surface area contributed by atoms with E-state index in [0.29, 0.717) is 17.7 Å². The quantitative estimate of drug-likeness (QED) is 0.853. The van der Waals surface area contributed by atoms with Crippen molar-refractivity contribution in [2.45, 2.75) is 20.4 Å². The number of nitrogens with one attached hydrogen (secondary N) is 1. The molecule has 5 heteroatoms. The molecule has 1 N–H and O–H groups in total. The van der Waals surface area contributed by atoms with Gasteiger partial charge in [0.05, 0.1) is 7.70 Å². The van der Waals surface area contributed by atoms with Crippen LogP contribution in [0.3, 0.4) is 0 Å². The number of imidazole rings is 1. The molecule has 0 saturated carbocycles. The zero-order valence-corrected chi connectivity index (χ0v) is 9.38. The van der Waals surface area contributed by atoms with Crippen molar-refractivity contribution in [1.29, 1.82) is 0 Å². The lowest BCUT2D eigenvalue weighted by Gasteiger charge is -2.04. The number of hydrogen-bond donors (Lipinski definition) is 1. The topological polar surface area (TPSA) is 55.6 Å². The van der Waals surface area contributed by atoms with Crippen molar-refractivity contribution >= 4 is 11.8 Å². The lowest BCUT2D eigenvalue weighted by atomic mass is 10.2. The van der Waals surface area contributed by atoms with E-state index < -0.39 is 0 Å². The van der Waals surface area contributed by atoms with Gasteiger partial charge in [-0.05, 0) is 12.0 Å². The van der Waals surface area contributed by atoms with Crippen molar-refractivity contribution in [1.82, 2.24) is 19.5 Å². The summed E-state index contributed by atoms with van der Waals surface area (Å²) in [6.45, 7) is 5.23. The molecular weight excluding hydrogens is 202 g/mol. The normalized spacial score (nSPS) is 11.6. The van der Waals surface area contributed by atoms with Crippen molar-refractivity contribution in [2.75, 3.05) is 5.32 Å². The maximum absolute atomic E-state index is 7.38. The molecule has 16 heavy (non-hydrogen) atoms. The Morgan fingerprint density at radius 3 is 3.06 bits per heavy atom. The molecule has 0 aliphatic heterocycles. The fourth-order valence-corrected chi connectivity index (χ4v) is 1.39. The first-order valence-corrected chi connectivity index (χ1v) is 5.22. The summed E-state index contributed by atoms with van der Waals surface area (Å²) in [5.41, 5.74) is 0. The summed E-state index contributed by atoms with van der Waals surface area (Å²) in [7, 11) is 0. The first-order chi connectivity index (χ1) is 8.13. The summed E-state index contributed by atoms with van der Waals surface area (Å²) < 4.78 is 9.39. The fraction of sp³-hybridized carbons (Fsp3) is 0.364. The molecule has 2 rings (SSSR count). The van der Waals surface area contributed by atoms with Gasteiger partial charge in [-0.2, -0.15) is 0 Å². The van der Waals surface area contributed by atoms with E-state index in [-0.39, 0.29) is 6.17 Å². The minimum atomic E-state index is 0.184. The van der Waals surface area contributed by atoms with Gasteiger partial charge in [0.15, 0.2) is 5.82 Å². The maximum Gasteiger partial charge on any atom is 0.228 e. The second-order valence-electron chi connectivity index (χ2n) is 3.98. The fourth-order valence-electron chi connectivity index (χ4n) is 1.39. The van der Waals surface area contributed by atoms with Crippen molar-refractivity contribution in [2.24, 2.45) is 5.92 Å². The van der Waals surface area contributed by atoms with Crippen molar-refractivity contribution < 1.29 is 1.37 Å². The molecule has 2 aromatic rings. The van der Waals surface area contributed by atoms with E-state index in [9.17, 15) is 0 Å². The Kier molecular flexibility index (Phi) is 2.76. The number of aromatic nitrogens is 4. The minimum Gasteiger partial charge on any atom is -0.335 e. The standard InChI is InChI=1S/C11H15N5/c1-9(2)6-16-7-10(14-8-16)15-11-12-4-3-5-13-11/h3-5,7-9H,6H2,1-2H3,(H,12,13,15)/i4D. The number of nitrogens with zero attached hydrogens (tertiary/aromatic N) is 4. The van der Waals surface area contributed by atoms with Crippen LogP contribution in [0.15, 0.2) is 31.0 Å². The average Bonchev–Trinajstić information content (AvgIpc) is 2.64. The van der Waals surface area contributed by atoms with Gasteiger partial charge in [-0.1, -0.05) is 13.8 Å². The molecule has 0 unspecified atom stereocenters. The van der Waals surface area contributed by atoms with Crippen LogP contribution in [-0.4, -0.2) is 19.5 Å². The minimum absolute atomic E-state index is 0.184. The second kappa shape index (κ2) is 4.74. The molecule has 2 heterocycles. The molecule has 0 spiro atoms. The molecule has 2 aromatic heterocycles. The van der Waals surface area contributed by atoms with Gasteiger partial charge >= 0.3 is 0 Å². The van der Waals surface area contributed by atoms with Gasteiger partial charge in [-0.3, -0.25) is 0 Å². The average molecular weight is 218 g/mol. The Morgan fingerprint density at radius 2 is 2.31 bits per heavy atom. The van der Waals surface area contributed by atoms with Crippen LogP contribution >= 0.6 is 0 Å². The molecule has 0 atom stereocenters. The van der Waals surface area contributed by atoms with E-state index in [2.05, 4.69) is 34.1 Å². The molecule has 0 aliphatic rings. The van der Waals surface area contributed by atoms with Crippen LogP contribution in [0.25, 0.3) is 0 Å². The Hall–Kier alpha value is -1.91. The summed E-state index contributed by atoms with van der Waals surface area (Å²) in [6, 6.07) is 1.53. The predicted molar refractivity (Wildman–Crippen MR) is 62.4 cm³/mol. The van der Waals surface area contributed by atoms with E-state index in [0.717, 1.165) is 6.54 Å². The number of hydrogen-bond acceptors (Lipinski definition) is 4. The molecule has 0 aliphatic carbocycles. The zero-order valence-electron chi connectivity index (χ0n) is 10.4. The maximum atomic E-state index is 7.38. The van der Waals surface area contributed by atoms with Crippen LogP contribution in [0.5, 0.6) is 0 Å². The van der Waals surface area contributed by atoms with Gasteiger partial charge in [0.2, 0.25) is 5.95 Å². The van der Waals surface area contributed by atoms with Crippen LogP contribution in [0.2, 0.25) is 0 Å². The highest BCUT2D eigenvalue weighted by molar-refractivity contribution is 5.45. The van der Waals surface area contributed by atoms with Crippen LogP contribution in [0.4, 0.5) is 11.8 Å². The second-order valence-corrected chi connectivity index (χ2v) is 3.98. The highest BCUT2D eigenvalue weighted by atomic mass is 15.2. The Bertz CT molecular complexity index is 494. The summed E-state index contributed by atoms with van der Waals surface area (Å²) in [6.07, 6.45) is 5.40. The van der Waals surface area contributed by atoms with E-state index >= 15 is 0 Å². The third-order valence-electron chi connectivity index (χ3n) is 1.97. The van der Waals surface area contributed by atoms with Crippen molar-refractivity contribution in [3.63, 3.8) is 0 Å². The van der Waals surface area contributed by atoms with Crippen LogP contribution < -0.4 is 5.32 Å². The predicted octanol–water partition coefficient (Wildman–Crippen LogP) is 2.07. The summed E-state index contributed by atoms with van der Waals surface area (Å²) >= 11 is 0. The van der Waals surface area contributed by atoms with Gasteiger partial charge < -0.3 is 9.88 Å². The summed E-state index contributed by atoms with van der Waals surface area (Å²) in [5.74, 6) is 1.66. The van der Waals surface area contributed by atoms with Crippen LogP contribution in [-0.2, 0) is 6.54 Å². The molecular formula is C11H15N5. The molecule has 0 bridgehead atoms. The molecule has 0 radical (unpaired) electrons. The van der Waals surface area contributed by atoms with Gasteiger partial charge in [-0.15, -0.1) is 0 Å². The lowest BCUT2D eigenvalue weighted by molar-refractivity contribution is 0.523. The van der Waals surface area contributed by atoms with E-state index in [1.54, 1.807) is 12.5 Å². The van der Waals surface area contributed by atoms with E-state index in [1.807, 2.05) is 10.8 Å². The molecule has 0 saturated heterocycles. The van der Waals surface area contributed by atoms with Crippen LogP contribution in [0.1, 0.15) is 15.2 Å². The van der Waals surface area contributed by atoms with E-state index in [1.165, 1.54) is 6.07 Å². The van der Waals surface area contributed by atoms with Gasteiger partial charge in [0, 0.05) is 25.1 Å². The Labute approximate surface area is 96.0 Å². The largest absolute Gasteiger partial charge is 0.335 e. The summed E-state index contributed by atoms with van der Waals surface area (Å²) in [4.78, 5) is 12.2. The third-order valence-corrected chi connectivity index (χ3v) is 1.97. The molecule has 0 aromatic carbocycles. The molecule has 84 valence electrons. The zero-order chi connectivity index (χ0) is 12.3. The van der Waals surface area contributed by atoms with E-state index in [4.69, 9.17) is 1.37 Å². The van der Waals surface area contributed by atoms with Crippen molar-refractivity contribution in [3.8, 4) is 0 Å². The number of anilines is 2. The monoisotopic (exact) mass is 218 g/mol. The van der Waals surface area contributed by atoms with Crippen LogP contribution in [0, 0.1) is 5.92 Å². The Balaban J connectivity index is 2.06.